The molecular weight excluding hydrogens is 610 g/mol. The smallest absolute Gasteiger partial charge is 0.350 e. The van der Waals surface area contributed by atoms with E-state index in [1.165, 1.54) is 0 Å². The van der Waals surface area contributed by atoms with E-state index in [2.05, 4.69) is 45.8 Å². The maximum atomic E-state index is 12.8. The van der Waals surface area contributed by atoms with Crippen LogP contribution in [0.15, 0.2) is 96.3 Å². The van der Waals surface area contributed by atoms with Crippen molar-refractivity contribution in [2.45, 2.75) is 51.2 Å². The Morgan fingerprint density at radius 2 is 1.75 bits per heavy atom. The zero-order valence-corrected chi connectivity index (χ0v) is 27.0. The molecule has 0 saturated carbocycles. The SMILES string of the molecule is CCC(CC)n1ncn(-c2ccc(NCCNc3ccc(OC[C@@H]4CO[C@@](Cn5nccn5)(c5ccccc5)O4)cc3C#N)cc2)c1=O. The van der Waals surface area contributed by atoms with Crippen molar-refractivity contribution in [1.29, 1.82) is 5.26 Å². The number of nitriles is 1. The Morgan fingerprint density at radius 3 is 2.48 bits per heavy atom. The average molecular weight is 650 g/mol. The van der Waals surface area contributed by atoms with Crippen molar-refractivity contribution in [3.05, 3.63) is 113 Å². The third-order valence-electron chi connectivity index (χ3n) is 8.33. The van der Waals surface area contributed by atoms with Gasteiger partial charge in [-0.05, 0) is 55.3 Å². The van der Waals surface area contributed by atoms with Crippen molar-refractivity contribution in [3.8, 4) is 17.5 Å². The van der Waals surface area contributed by atoms with Gasteiger partial charge in [0.15, 0.2) is 0 Å². The Bertz CT molecular complexity index is 1860. The molecule has 2 atom stereocenters. The first-order valence-electron chi connectivity index (χ1n) is 16.1. The number of ether oxygens (including phenoxy) is 3. The summed E-state index contributed by atoms with van der Waals surface area (Å²) in [5, 5.41) is 29.3. The molecule has 2 N–H and O–H groups in total. The lowest BCUT2D eigenvalue weighted by atomic mass is 10.1. The number of rotatable bonds is 15. The van der Waals surface area contributed by atoms with E-state index < -0.39 is 5.79 Å². The fourth-order valence-electron chi connectivity index (χ4n) is 5.75. The number of nitrogens with zero attached hydrogens (tertiary/aromatic N) is 7. The Morgan fingerprint density at radius 1 is 1.00 bits per heavy atom. The number of hydrogen-bond donors (Lipinski definition) is 2. The van der Waals surface area contributed by atoms with E-state index in [0.717, 1.165) is 29.8 Å². The van der Waals surface area contributed by atoms with Gasteiger partial charge in [-0.2, -0.15) is 25.4 Å². The summed E-state index contributed by atoms with van der Waals surface area (Å²) in [5.41, 5.74) is 3.60. The molecule has 5 aromatic rings. The highest BCUT2D eigenvalue weighted by molar-refractivity contribution is 5.60. The summed E-state index contributed by atoms with van der Waals surface area (Å²) in [4.78, 5) is 14.4. The molecule has 0 bridgehead atoms. The zero-order valence-electron chi connectivity index (χ0n) is 27.0. The quantitative estimate of drug-likeness (QED) is 0.153. The molecular formula is C35H39N9O4. The molecule has 0 spiro atoms. The van der Waals surface area contributed by atoms with Crippen molar-refractivity contribution in [2.24, 2.45) is 0 Å². The maximum absolute atomic E-state index is 12.8. The molecule has 0 radical (unpaired) electrons. The molecule has 3 heterocycles. The summed E-state index contributed by atoms with van der Waals surface area (Å²) >= 11 is 0. The first-order chi connectivity index (χ1) is 23.5. The molecule has 6 rings (SSSR count). The number of nitrogens with one attached hydrogen (secondary N) is 2. The van der Waals surface area contributed by atoms with Crippen LogP contribution in [0.5, 0.6) is 5.75 Å². The van der Waals surface area contributed by atoms with Crippen LogP contribution in [-0.2, 0) is 21.8 Å². The first kappa shape index (κ1) is 32.5. The Hall–Kier alpha value is -5.45. The minimum Gasteiger partial charge on any atom is -0.491 e. The van der Waals surface area contributed by atoms with Gasteiger partial charge >= 0.3 is 5.69 Å². The van der Waals surface area contributed by atoms with Gasteiger partial charge in [-0.1, -0.05) is 44.2 Å². The van der Waals surface area contributed by atoms with Crippen LogP contribution in [0.3, 0.4) is 0 Å². The van der Waals surface area contributed by atoms with Crippen molar-refractivity contribution in [2.75, 3.05) is 36.9 Å². The average Bonchev–Trinajstić information content (AvgIpc) is 3.89. The fraction of sp³-hybridized carbons (Fsp3) is 0.343. The fourth-order valence-corrected chi connectivity index (χ4v) is 5.75. The third kappa shape index (κ3) is 7.25. The summed E-state index contributed by atoms with van der Waals surface area (Å²) < 4.78 is 21.8. The second-order valence-electron chi connectivity index (χ2n) is 11.5. The summed E-state index contributed by atoms with van der Waals surface area (Å²) in [7, 11) is 0. The van der Waals surface area contributed by atoms with E-state index in [-0.39, 0.29) is 24.4 Å². The lowest BCUT2D eigenvalue weighted by Gasteiger charge is -2.28. The minimum atomic E-state index is -1.04. The molecule has 13 heteroatoms. The predicted octanol–water partition coefficient (Wildman–Crippen LogP) is 4.73. The van der Waals surface area contributed by atoms with Crippen LogP contribution in [0.4, 0.5) is 11.4 Å². The highest BCUT2D eigenvalue weighted by Crippen LogP contribution is 2.36. The summed E-state index contributed by atoms with van der Waals surface area (Å²) in [6, 6.07) is 25.1. The predicted molar refractivity (Wildman–Crippen MR) is 180 cm³/mol. The van der Waals surface area contributed by atoms with Crippen LogP contribution in [0.25, 0.3) is 5.69 Å². The molecule has 0 aliphatic carbocycles. The molecule has 0 unspecified atom stereocenters. The Kier molecular flexibility index (Phi) is 10.1. The van der Waals surface area contributed by atoms with E-state index in [9.17, 15) is 10.1 Å². The van der Waals surface area contributed by atoms with E-state index in [4.69, 9.17) is 14.2 Å². The van der Waals surface area contributed by atoms with E-state index in [0.29, 0.717) is 43.2 Å². The normalized spacial score (nSPS) is 17.3. The highest BCUT2D eigenvalue weighted by atomic mass is 16.8. The molecule has 1 aliphatic heterocycles. The van der Waals surface area contributed by atoms with Gasteiger partial charge in [0.05, 0.1) is 42.0 Å². The van der Waals surface area contributed by atoms with E-state index in [1.54, 1.807) is 38.8 Å². The van der Waals surface area contributed by atoms with Gasteiger partial charge < -0.3 is 24.8 Å². The number of anilines is 2. The molecule has 13 nitrogen and oxygen atoms in total. The van der Waals surface area contributed by atoms with Crippen molar-refractivity contribution in [3.63, 3.8) is 0 Å². The van der Waals surface area contributed by atoms with Crippen LogP contribution in [0.2, 0.25) is 0 Å². The second-order valence-corrected chi connectivity index (χ2v) is 11.5. The topological polar surface area (TPSA) is 146 Å². The van der Waals surface area contributed by atoms with Gasteiger partial charge in [0, 0.05) is 24.3 Å². The number of aromatic nitrogens is 6. The van der Waals surface area contributed by atoms with Gasteiger partial charge in [0.2, 0.25) is 5.79 Å². The Balaban J connectivity index is 0.995. The lowest BCUT2D eigenvalue weighted by molar-refractivity contribution is -0.192. The van der Waals surface area contributed by atoms with Crippen LogP contribution >= 0.6 is 0 Å². The van der Waals surface area contributed by atoms with E-state index >= 15 is 0 Å². The molecule has 2 aromatic heterocycles. The van der Waals surface area contributed by atoms with Crippen LogP contribution < -0.4 is 21.1 Å². The maximum Gasteiger partial charge on any atom is 0.350 e. The highest BCUT2D eigenvalue weighted by Gasteiger charge is 2.44. The van der Waals surface area contributed by atoms with Gasteiger partial charge in [0.1, 0.15) is 37.4 Å². The summed E-state index contributed by atoms with van der Waals surface area (Å²) in [6.07, 6.45) is 6.18. The van der Waals surface area contributed by atoms with Crippen LogP contribution in [0, 0.1) is 11.3 Å². The largest absolute Gasteiger partial charge is 0.491 e. The van der Waals surface area contributed by atoms with Crippen LogP contribution in [-0.4, -0.2) is 61.7 Å². The third-order valence-corrected chi connectivity index (χ3v) is 8.33. The molecule has 48 heavy (non-hydrogen) atoms. The van der Waals surface area contributed by atoms with Crippen molar-refractivity contribution in [1.82, 2.24) is 29.3 Å². The Labute approximate surface area is 278 Å². The van der Waals surface area contributed by atoms with Gasteiger partial charge in [0.25, 0.3) is 0 Å². The first-order valence-corrected chi connectivity index (χ1v) is 16.1. The summed E-state index contributed by atoms with van der Waals surface area (Å²) in [6.45, 7) is 6.19. The summed E-state index contributed by atoms with van der Waals surface area (Å²) in [5.74, 6) is -0.471. The van der Waals surface area contributed by atoms with Crippen molar-refractivity contribution >= 4 is 11.4 Å². The standard InChI is InChI=1S/C35H39N9O4/c1-3-29(4-2)44-34(45)42(25-41-44)30-12-10-28(11-13-30)37-16-17-38-33-15-14-31(20-26(33)21-36)46-22-32-23-47-35(48-32,24-43-39-18-19-40-43)27-8-6-5-7-9-27/h5-15,18-20,25,29,32,37-38H,3-4,16-17,22-24H2,1-2H3/t32-,35-/m1/s1. The molecule has 3 aromatic carbocycles. The molecule has 248 valence electrons. The van der Waals surface area contributed by atoms with Gasteiger partial charge in [-0.15, -0.1) is 0 Å². The monoisotopic (exact) mass is 649 g/mol. The van der Waals surface area contributed by atoms with Crippen LogP contribution in [0.1, 0.15) is 43.9 Å². The van der Waals surface area contributed by atoms with Gasteiger partial charge in [-0.25, -0.2) is 14.0 Å². The molecule has 0 amide bonds. The molecule has 1 fully saturated rings. The lowest BCUT2D eigenvalue weighted by Crippen LogP contribution is -2.35. The second kappa shape index (κ2) is 15.0. The van der Waals surface area contributed by atoms with Crippen molar-refractivity contribution < 1.29 is 14.2 Å². The van der Waals surface area contributed by atoms with Gasteiger partial charge in [-0.3, -0.25) is 0 Å². The van der Waals surface area contributed by atoms with E-state index in [1.807, 2.05) is 66.7 Å². The number of benzene rings is 3. The molecule has 1 saturated heterocycles. The minimum absolute atomic E-state index is 0.0947. The molecule has 1 aliphatic rings. The number of hydrogen-bond acceptors (Lipinski definition) is 10. The zero-order chi connectivity index (χ0) is 33.3.